The van der Waals surface area contributed by atoms with Crippen LogP contribution in [0.15, 0.2) is 4.99 Å². The fraction of sp³-hybridized carbons (Fsp3) is 0.846. The van der Waals surface area contributed by atoms with Crippen molar-refractivity contribution in [2.75, 3.05) is 13.1 Å². The fourth-order valence-electron chi connectivity index (χ4n) is 1.98. The second-order valence-corrected chi connectivity index (χ2v) is 5.29. The van der Waals surface area contributed by atoms with Crippen LogP contribution in [0.5, 0.6) is 0 Å². The molecule has 0 aromatic carbocycles. The number of hydrogen-bond donors (Lipinski definition) is 3. The Balaban J connectivity index is 2.27. The molecule has 1 heterocycles. The summed E-state index contributed by atoms with van der Waals surface area (Å²) in [5, 5.41) is 14.4. The zero-order chi connectivity index (χ0) is 12.8. The van der Waals surface area contributed by atoms with Crippen molar-refractivity contribution in [2.45, 2.75) is 46.6 Å². The first-order valence-electron chi connectivity index (χ1n) is 6.64. The number of amidine groups is 2. The molecule has 0 aromatic rings. The van der Waals surface area contributed by atoms with Gasteiger partial charge in [-0.25, -0.2) is 0 Å². The van der Waals surface area contributed by atoms with Crippen LogP contribution in [-0.2, 0) is 0 Å². The highest BCUT2D eigenvalue weighted by Crippen LogP contribution is 2.14. The van der Waals surface area contributed by atoms with Crippen molar-refractivity contribution in [1.29, 1.82) is 5.41 Å². The van der Waals surface area contributed by atoms with Crippen LogP contribution in [0.2, 0.25) is 0 Å². The van der Waals surface area contributed by atoms with Crippen molar-refractivity contribution in [2.24, 2.45) is 16.8 Å². The third-order valence-electron chi connectivity index (χ3n) is 3.14. The Morgan fingerprint density at radius 3 is 2.59 bits per heavy atom. The molecule has 4 heteroatoms. The highest BCUT2D eigenvalue weighted by Gasteiger charge is 2.16. The molecule has 0 spiro atoms. The molecule has 17 heavy (non-hydrogen) atoms. The van der Waals surface area contributed by atoms with Gasteiger partial charge in [0.25, 0.3) is 0 Å². The van der Waals surface area contributed by atoms with Crippen molar-refractivity contribution in [3.05, 3.63) is 0 Å². The number of hydrogen-bond acceptors (Lipinski definition) is 3. The molecule has 1 rings (SSSR count). The summed E-state index contributed by atoms with van der Waals surface area (Å²) < 4.78 is 0. The minimum absolute atomic E-state index is 0.307. The Kier molecular flexibility index (Phi) is 5.45. The van der Waals surface area contributed by atoms with E-state index in [0.29, 0.717) is 23.7 Å². The number of rotatable bonds is 6. The third kappa shape index (κ3) is 4.75. The molecule has 2 atom stereocenters. The van der Waals surface area contributed by atoms with Crippen molar-refractivity contribution in [3.63, 3.8) is 0 Å². The molecule has 98 valence electrons. The van der Waals surface area contributed by atoms with Gasteiger partial charge in [0.2, 0.25) is 0 Å². The van der Waals surface area contributed by atoms with Gasteiger partial charge in [-0.05, 0) is 26.7 Å². The standard InChI is InChI=1S/C13H26N4/c1-9(2)17-12(14)10(3)5-6-11(4)13-15-7-8-16-13/h9-11H,5-8H2,1-4H3,(H2,14,17)(H,15,16). The van der Waals surface area contributed by atoms with E-state index in [2.05, 4.69) is 43.3 Å². The van der Waals surface area contributed by atoms with E-state index in [-0.39, 0.29) is 0 Å². The van der Waals surface area contributed by atoms with E-state index in [1.807, 2.05) is 0 Å². The first-order valence-corrected chi connectivity index (χ1v) is 6.64. The van der Waals surface area contributed by atoms with Gasteiger partial charge in [-0.15, -0.1) is 0 Å². The minimum atomic E-state index is 0.307. The summed E-state index contributed by atoms with van der Waals surface area (Å²) in [5.74, 6) is 2.61. The Hall–Kier alpha value is -1.06. The van der Waals surface area contributed by atoms with Crippen LogP contribution in [0.1, 0.15) is 40.5 Å². The zero-order valence-electron chi connectivity index (χ0n) is 11.5. The van der Waals surface area contributed by atoms with Gasteiger partial charge in [-0.1, -0.05) is 13.8 Å². The molecule has 1 aliphatic heterocycles. The monoisotopic (exact) mass is 238 g/mol. The first kappa shape index (κ1) is 14.0. The smallest absolute Gasteiger partial charge is 0.0993 e. The van der Waals surface area contributed by atoms with E-state index in [1.165, 1.54) is 0 Å². The Labute approximate surface area is 105 Å². The fourth-order valence-corrected chi connectivity index (χ4v) is 1.98. The van der Waals surface area contributed by atoms with Crippen molar-refractivity contribution >= 4 is 11.7 Å². The summed E-state index contributed by atoms with van der Waals surface area (Å²) in [5.41, 5.74) is 0. The van der Waals surface area contributed by atoms with Gasteiger partial charge in [0.1, 0.15) is 0 Å². The lowest BCUT2D eigenvalue weighted by Gasteiger charge is -2.19. The molecule has 3 N–H and O–H groups in total. The molecule has 0 saturated carbocycles. The normalized spacial score (nSPS) is 18.5. The van der Waals surface area contributed by atoms with E-state index < -0.39 is 0 Å². The van der Waals surface area contributed by atoms with Gasteiger partial charge in [-0.2, -0.15) is 0 Å². The van der Waals surface area contributed by atoms with Crippen LogP contribution in [0, 0.1) is 17.2 Å². The van der Waals surface area contributed by atoms with Gasteiger partial charge >= 0.3 is 0 Å². The lowest BCUT2D eigenvalue weighted by atomic mass is 9.96. The summed E-state index contributed by atoms with van der Waals surface area (Å²) >= 11 is 0. The maximum absolute atomic E-state index is 7.92. The predicted octanol–water partition coefficient (Wildman–Crippen LogP) is 2.02. The molecule has 1 aliphatic rings. The molecular weight excluding hydrogens is 212 g/mol. The summed E-state index contributed by atoms with van der Waals surface area (Å²) in [6.45, 7) is 10.4. The zero-order valence-corrected chi connectivity index (χ0v) is 11.5. The van der Waals surface area contributed by atoms with E-state index in [0.717, 1.165) is 31.8 Å². The Bertz CT molecular complexity index is 283. The van der Waals surface area contributed by atoms with Crippen molar-refractivity contribution in [3.8, 4) is 0 Å². The Morgan fingerprint density at radius 2 is 2.06 bits per heavy atom. The largest absolute Gasteiger partial charge is 0.372 e. The maximum atomic E-state index is 7.92. The van der Waals surface area contributed by atoms with E-state index >= 15 is 0 Å². The minimum Gasteiger partial charge on any atom is -0.372 e. The van der Waals surface area contributed by atoms with Gasteiger partial charge < -0.3 is 10.6 Å². The number of aliphatic imine (C=N–C) groups is 1. The van der Waals surface area contributed by atoms with Gasteiger partial charge in [0.15, 0.2) is 0 Å². The molecular formula is C13H26N4. The van der Waals surface area contributed by atoms with Crippen molar-refractivity contribution in [1.82, 2.24) is 10.6 Å². The molecule has 2 unspecified atom stereocenters. The second-order valence-electron chi connectivity index (χ2n) is 5.29. The highest BCUT2D eigenvalue weighted by molar-refractivity contribution is 5.85. The topological polar surface area (TPSA) is 60.3 Å². The average Bonchev–Trinajstić information content (AvgIpc) is 2.77. The predicted molar refractivity (Wildman–Crippen MR) is 73.9 cm³/mol. The van der Waals surface area contributed by atoms with Crippen LogP contribution < -0.4 is 10.6 Å². The number of nitrogens with zero attached hydrogens (tertiary/aromatic N) is 1. The molecule has 0 amide bonds. The SMILES string of the molecule is CC(C)NC(=N)C(C)CCC(C)C1=NCCN1. The van der Waals surface area contributed by atoms with E-state index in [4.69, 9.17) is 5.41 Å². The molecule has 0 radical (unpaired) electrons. The van der Waals surface area contributed by atoms with Gasteiger partial charge in [0, 0.05) is 24.4 Å². The van der Waals surface area contributed by atoms with Crippen LogP contribution >= 0.6 is 0 Å². The van der Waals surface area contributed by atoms with Crippen LogP contribution in [-0.4, -0.2) is 30.8 Å². The lowest BCUT2D eigenvalue weighted by molar-refractivity contribution is 0.546. The van der Waals surface area contributed by atoms with E-state index in [9.17, 15) is 0 Å². The van der Waals surface area contributed by atoms with Gasteiger partial charge in [0.05, 0.1) is 18.2 Å². The van der Waals surface area contributed by atoms with E-state index in [1.54, 1.807) is 0 Å². The molecule has 0 saturated heterocycles. The Morgan fingerprint density at radius 1 is 1.35 bits per heavy atom. The van der Waals surface area contributed by atoms with Crippen LogP contribution in [0.4, 0.5) is 0 Å². The quantitative estimate of drug-likeness (QED) is 0.490. The molecule has 0 bridgehead atoms. The maximum Gasteiger partial charge on any atom is 0.0993 e. The van der Waals surface area contributed by atoms with Crippen LogP contribution in [0.3, 0.4) is 0 Å². The highest BCUT2D eigenvalue weighted by atomic mass is 15.1. The third-order valence-corrected chi connectivity index (χ3v) is 3.14. The summed E-state index contributed by atoms with van der Waals surface area (Å²) in [6.07, 6.45) is 2.13. The van der Waals surface area contributed by atoms with Crippen LogP contribution in [0.25, 0.3) is 0 Å². The average molecular weight is 238 g/mol. The second kappa shape index (κ2) is 6.62. The lowest BCUT2D eigenvalue weighted by Crippen LogP contribution is -2.34. The van der Waals surface area contributed by atoms with Crippen molar-refractivity contribution < 1.29 is 0 Å². The summed E-state index contributed by atoms with van der Waals surface area (Å²) in [7, 11) is 0. The molecule has 0 fully saturated rings. The molecule has 4 nitrogen and oxygen atoms in total. The molecule has 0 aliphatic carbocycles. The first-order chi connectivity index (χ1) is 8.00. The summed E-state index contributed by atoms with van der Waals surface area (Å²) in [6, 6.07) is 0.350. The summed E-state index contributed by atoms with van der Waals surface area (Å²) in [4.78, 5) is 4.44. The van der Waals surface area contributed by atoms with Gasteiger partial charge in [-0.3, -0.25) is 10.4 Å². The number of nitrogens with one attached hydrogen (secondary N) is 3. The molecule has 0 aromatic heterocycles.